The highest BCUT2D eigenvalue weighted by atomic mass is 19.1. The second kappa shape index (κ2) is 9.03. The maximum Gasteiger partial charge on any atom is 0.267 e. The Morgan fingerprint density at radius 3 is 2.56 bits per heavy atom. The molecule has 0 fully saturated rings. The molecule has 0 aliphatic heterocycles. The molecule has 3 heterocycles. The Labute approximate surface area is 206 Å². The molecule has 0 atom stereocenters. The molecule has 5 rings (SSSR count). The molecule has 0 amide bonds. The first-order valence-electron chi connectivity index (χ1n) is 11.5. The molecule has 2 aromatic carbocycles. The van der Waals surface area contributed by atoms with Gasteiger partial charge in [-0.3, -0.25) is 9.20 Å². The number of aryl methyl sites for hydroxylation is 4. The highest BCUT2D eigenvalue weighted by molar-refractivity contribution is 5.66. The molecule has 0 radical (unpaired) electrons. The van der Waals surface area contributed by atoms with Crippen LogP contribution in [-0.2, 0) is 6.61 Å². The van der Waals surface area contributed by atoms with E-state index in [1.54, 1.807) is 25.3 Å². The molecule has 0 aliphatic carbocycles. The molecule has 0 N–H and O–H groups in total. The van der Waals surface area contributed by atoms with Crippen molar-refractivity contribution in [2.75, 3.05) is 0 Å². The summed E-state index contributed by atoms with van der Waals surface area (Å²) in [4.78, 5) is 18.2. The van der Waals surface area contributed by atoms with Gasteiger partial charge < -0.3 is 4.74 Å². The Bertz CT molecular complexity index is 1690. The summed E-state index contributed by atoms with van der Waals surface area (Å²) in [6.07, 6.45) is 1.59. The highest BCUT2D eigenvalue weighted by Crippen LogP contribution is 2.26. The Morgan fingerprint density at radius 2 is 1.78 bits per heavy atom. The standard InChI is InChI=1S/C28H24F2N4O2/c1-16-7-10-24(17(2)12-16)34-18(3)13-23(32-34)26-19(4)31-27-25(6-5-11-33(27)28(26)35)36-15-20-14-21(29)8-9-22(20)30/h5-14H,15H2,1-4H3. The van der Waals surface area contributed by atoms with Gasteiger partial charge in [-0.15, -0.1) is 0 Å². The van der Waals surface area contributed by atoms with E-state index >= 15 is 0 Å². The fourth-order valence-corrected chi connectivity index (χ4v) is 4.34. The van der Waals surface area contributed by atoms with Crippen LogP contribution in [0.4, 0.5) is 8.78 Å². The van der Waals surface area contributed by atoms with Gasteiger partial charge in [-0.2, -0.15) is 5.10 Å². The molecule has 8 heteroatoms. The van der Waals surface area contributed by atoms with Gasteiger partial charge in [-0.05, 0) is 75.7 Å². The summed E-state index contributed by atoms with van der Waals surface area (Å²) >= 11 is 0. The van der Waals surface area contributed by atoms with Crippen molar-refractivity contribution in [3.05, 3.63) is 111 Å². The molecular weight excluding hydrogens is 462 g/mol. The normalized spacial score (nSPS) is 11.3. The van der Waals surface area contributed by atoms with E-state index < -0.39 is 11.6 Å². The molecule has 3 aromatic heterocycles. The van der Waals surface area contributed by atoms with Gasteiger partial charge >= 0.3 is 0 Å². The Morgan fingerprint density at radius 1 is 0.972 bits per heavy atom. The average Bonchev–Trinajstić information content (AvgIpc) is 3.20. The van der Waals surface area contributed by atoms with Gasteiger partial charge in [0.2, 0.25) is 0 Å². The number of pyridine rings is 1. The summed E-state index contributed by atoms with van der Waals surface area (Å²) in [6.45, 7) is 7.53. The second-order valence-electron chi connectivity index (χ2n) is 8.84. The van der Waals surface area contributed by atoms with E-state index in [1.807, 2.05) is 43.7 Å². The second-order valence-corrected chi connectivity index (χ2v) is 8.84. The lowest BCUT2D eigenvalue weighted by molar-refractivity contribution is 0.300. The number of aromatic nitrogens is 4. The van der Waals surface area contributed by atoms with Gasteiger partial charge in [0.15, 0.2) is 11.4 Å². The summed E-state index contributed by atoms with van der Waals surface area (Å²) in [5.41, 5.74) is 5.50. The van der Waals surface area contributed by atoms with Crippen molar-refractivity contribution >= 4 is 5.65 Å². The fraction of sp³-hybridized carbons (Fsp3) is 0.179. The third-order valence-corrected chi connectivity index (χ3v) is 6.11. The van der Waals surface area contributed by atoms with Crippen LogP contribution < -0.4 is 10.3 Å². The van der Waals surface area contributed by atoms with Crippen LogP contribution in [0.1, 0.15) is 28.1 Å². The Balaban J connectivity index is 1.56. The molecule has 0 aliphatic rings. The quantitative estimate of drug-likeness (QED) is 0.323. The van der Waals surface area contributed by atoms with Crippen molar-refractivity contribution in [2.24, 2.45) is 0 Å². The predicted molar refractivity (Wildman–Crippen MR) is 134 cm³/mol. The number of nitrogens with zero attached hydrogens (tertiary/aromatic N) is 4. The molecule has 0 unspecified atom stereocenters. The van der Waals surface area contributed by atoms with E-state index in [-0.39, 0.29) is 29.1 Å². The summed E-state index contributed by atoms with van der Waals surface area (Å²) in [5.74, 6) is -0.849. The molecule has 182 valence electrons. The van der Waals surface area contributed by atoms with Crippen LogP contribution >= 0.6 is 0 Å². The molecule has 36 heavy (non-hydrogen) atoms. The molecule has 0 spiro atoms. The lowest BCUT2D eigenvalue weighted by Crippen LogP contribution is -2.19. The summed E-state index contributed by atoms with van der Waals surface area (Å²) < 4.78 is 36.5. The minimum absolute atomic E-state index is 0.0695. The third kappa shape index (κ3) is 4.15. The highest BCUT2D eigenvalue weighted by Gasteiger charge is 2.19. The van der Waals surface area contributed by atoms with Crippen LogP contribution in [0.5, 0.6) is 5.75 Å². The minimum Gasteiger partial charge on any atom is -0.485 e. The summed E-state index contributed by atoms with van der Waals surface area (Å²) in [5, 5.41) is 4.74. The van der Waals surface area contributed by atoms with Gasteiger partial charge in [0.25, 0.3) is 5.56 Å². The zero-order chi connectivity index (χ0) is 25.6. The zero-order valence-electron chi connectivity index (χ0n) is 20.3. The van der Waals surface area contributed by atoms with Gasteiger partial charge in [-0.1, -0.05) is 17.7 Å². The molecular formula is C28H24F2N4O2. The summed E-state index contributed by atoms with van der Waals surface area (Å²) in [6, 6.07) is 14.5. The van der Waals surface area contributed by atoms with Crippen LogP contribution in [0.3, 0.4) is 0 Å². The van der Waals surface area contributed by atoms with Crippen molar-refractivity contribution in [1.29, 1.82) is 0 Å². The molecule has 0 bridgehead atoms. The van der Waals surface area contributed by atoms with Gasteiger partial charge in [-0.25, -0.2) is 18.4 Å². The third-order valence-electron chi connectivity index (χ3n) is 6.11. The minimum atomic E-state index is -0.574. The molecule has 0 saturated heterocycles. The molecule has 5 aromatic rings. The first-order chi connectivity index (χ1) is 17.2. The number of hydrogen-bond acceptors (Lipinski definition) is 4. The van der Waals surface area contributed by atoms with Crippen molar-refractivity contribution < 1.29 is 13.5 Å². The maximum absolute atomic E-state index is 14.0. The monoisotopic (exact) mass is 486 g/mol. The van der Waals surface area contributed by atoms with Crippen molar-refractivity contribution in [3.63, 3.8) is 0 Å². The van der Waals surface area contributed by atoms with Crippen LogP contribution in [0, 0.1) is 39.3 Å². The molecule has 6 nitrogen and oxygen atoms in total. The SMILES string of the molecule is Cc1ccc(-n2nc(-c3c(C)nc4c(OCc5cc(F)ccc5F)cccn4c3=O)cc2C)c(C)c1. The zero-order valence-corrected chi connectivity index (χ0v) is 20.3. The van der Waals surface area contributed by atoms with Gasteiger partial charge in [0.1, 0.15) is 23.9 Å². The Hall–Kier alpha value is -4.33. The van der Waals surface area contributed by atoms with Crippen LogP contribution in [-0.4, -0.2) is 19.2 Å². The van der Waals surface area contributed by atoms with Crippen LogP contribution in [0.15, 0.2) is 65.6 Å². The van der Waals surface area contributed by atoms with E-state index in [2.05, 4.69) is 11.1 Å². The van der Waals surface area contributed by atoms with E-state index in [4.69, 9.17) is 9.84 Å². The lowest BCUT2D eigenvalue weighted by Gasteiger charge is -2.12. The number of halogens is 2. The van der Waals surface area contributed by atoms with E-state index in [9.17, 15) is 13.6 Å². The first-order valence-corrected chi connectivity index (χ1v) is 11.5. The number of benzene rings is 2. The van der Waals surface area contributed by atoms with Gasteiger partial charge in [0.05, 0.1) is 16.9 Å². The van der Waals surface area contributed by atoms with Crippen molar-refractivity contribution in [3.8, 4) is 22.7 Å². The number of ether oxygens (including phenoxy) is 1. The first kappa shape index (κ1) is 23.4. The number of rotatable bonds is 5. The van der Waals surface area contributed by atoms with Gasteiger partial charge in [0, 0.05) is 17.5 Å². The Kier molecular flexibility index (Phi) is 5.88. The van der Waals surface area contributed by atoms with Crippen molar-refractivity contribution in [1.82, 2.24) is 19.2 Å². The van der Waals surface area contributed by atoms with E-state index in [0.29, 0.717) is 17.0 Å². The average molecular weight is 487 g/mol. The smallest absolute Gasteiger partial charge is 0.267 e. The van der Waals surface area contributed by atoms with E-state index in [1.165, 1.54) is 4.40 Å². The van der Waals surface area contributed by atoms with E-state index in [0.717, 1.165) is 40.7 Å². The van der Waals surface area contributed by atoms with Crippen molar-refractivity contribution in [2.45, 2.75) is 34.3 Å². The molecule has 0 saturated carbocycles. The summed E-state index contributed by atoms with van der Waals surface area (Å²) in [7, 11) is 0. The largest absolute Gasteiger partial charge is 0.485 e. The topological polar surface area (TPSA) is 61.4 Å². The van der Waals surface area contributed by atoms with Crippen LogP contribution in [0.25, 0.3) is 22.6 Å². The van der Waals surface area contributed by atoms with Crippen LogP contribution in [0.2, 0.25) is 0 Å². The fourth-order valence-electron chi connectivity index (χ4n) is 4.34. The number of hydrogen-bond donors (Lipinski definition) is 0. The predicted octanol–water partition coefficient (Wildman–Crippen LogP) is 5.64. The number of fused-ring (bicyclic) bond motifs is 1. The maximum atomic E-state index is 14.0. The lowest BCUT2D eigenvalue weighted by atomic mass is 10.1.